The number of phenolic OH excluding ortho intramolecular Hbond substituents is 1. The SMILES string of the molecule is Oc1ccc(CNc2nc(F)nc3c2ncn3C2CCCCO2)cc1F. The van der Waals surface area contributed by atoms with Crippen LogP contribution < -0.4 is 5.32 Å². The highest BCUT2D eigenvalue weighted by Crippen LogP contribution is 2.28. The first kappa shape index (κ1) is 16.6. The molecule has 136 valence electrons. The second kappa shape index (κ2) is 6.83. The molecule has 0 radical (unpaired) electrons. The van der Waals surface area contributed by atoms with Gasteiger partial charge in [-0.3, -0.25) is 4.57 Å². The van der Waals surface area contributed by atoms with E-state index in [0.29, 0.717) is 23.3 Å². The van der Waals surface area contributed by atoms with Crippen molar-refractivity contribution in [3.05, 3.63) is 42.0 Å². The zero-order chi connectivity index (χ0) is 18.1. The van der Waals surface area contributed by atoms with Crippen molar-refractivity contribution in [1.82, 2.24) is 19.5 Å². The molecule has 3 heterocycles. The fraction of sp³-hybridized carbons (Fsp3) is 0.353. The van der Waals surface area contributed by atoms with E-state index in [1.165, 1.54) is 12.1 Å². The lowest BCUT2D eigenvalue weighted by molar-refractivity contribution is -0.0298. The van der Waals surface area contributed by atoms with E-state index >= 15 is 0 Å². The van der Waals surface area contributed by atoms with Crippen LogP contribution in [-0.2, 0) is 11.3 Å². The van der Waals surface area contributed by atoms with Crippen LogP contribution in [0.3, 0.4) is 0 Å². The molecule has 26 heavy (non-hydrogen) atoms. The van der Waals surface area contributed by atoms with Crippen molar-refractivity contribution in [3.63, 3.8) is 0 Å². The molecule has 2 N–H and O–H groups in total. The molecular formula is C17H17F2N5O2. The Hall–Kier alpha value is -2.81. The van der Waals surface area contributed by atoms with E-state index in [0.717, 1.165) is 19.3 Å². The number of hydrogen-bond donors (Lipinski definition) is 2. The minimum Gasteiger partial charge on any atom is -0.505 e. The molecule has 0 saturated carbocycles. The van der Waals surface area contributed by atoms with Crippen molar-refractivity contribution in [2.24, 2.45) is 0 Å². The standard InChI is InChI=1S/C17H17F2N5O2/c18-11-7-10(4-5-12(11)25)8-20-15-14-16(23-17(19)22-15)24(9-21-14)13-3-1-2-6-26-13/h4-5,7,9,13,25H,1-3,6,8H2,(H,20,22,23). The van der Waals surface area contributed by atoms with Crippen LogP contribution in [-0.4, -0.2) is 31.2 Å². The maximum atomic E-state index is 13.9. The molecule has 1 atom stereocenters. The topological polar surface area (TPSA) is 85.1 Å². The summed E-state index contributed by atoms with van der Waals surface area (Å²) in [5.74, 6) is -0.923. The minimum absolute atomic E-state index is 0.190. The van der Waals surface area contributed by atoms with Gasteiger partial charge in [0.2, 0.25) is 0 Å². The molecule has 7 nitrogen and oxygen atoms in total. The number of hydrogen-bond acceptors (Lipinski definition) is 6. The molecule has 9 heteroatoms. The van der Waals surface area contributed by atoms with E-state index in [1.54, 1.807) is 17.0 Å². The number of rotatable bonds is 4. The highest BCUT2D eigenvalue weighted by atomic mass is 19.1. The normalized spacial score (nSPS) is 17.5. The van der Waals surface area contributed by atoms with E-state index in [-0.39, 0.29) is 18.6 Å². The van der Waals surface area contributed by atoms with Crippen molar-refractivity contribution in [3.8, 4) is 5.75 Å². The fourth-order valence-electron chi connectivity index (χ4n) is 3.01. The first-order valence-electron chi connectivity index (χ1n) is 8.35. The molecular weight excluding hydrogens is 344 g/mol. The maximum absolute atomic E-state index is 13.9. The number of anilines is 1. The molecule has 0 bridgehead atoms. The number of aromatic nitrogens is 4. The second-order valence-corrected chi connectivity index (χ2v) is 6.13. The lowest BCUT2D eigenvalue weighted by atomic mass is 10.2. The Balaban J connectivity index is 1.62. The van der Waals surface area contributed by atoms with Crippen LogP contribution in [0.15, 0.2) is 24.5 Å². The van der Waals surface area contributed by atoms with Crippen molar-refractivity contribution < 1.29 is 18.6 Å². The molecule has 3 aromatic rings. The van der Waals surface area contributed by atoms with Gasteiger partial charge < -0.3 is 15.2 Å². The van der Waals surface area contributed by atoms with E-state index in [4.69, 9.17) is 4.74 Å². The molecule has 4 rings (SSSR count). The Bertz CT molecular complexity index is 940. The van der Waals surface area contributed by atoms with Crippen molar-refractivity contribution in [2.45, 2.75) is 32.0 Å². The van der Waals surface area contributed by atoms with Gasteiger partial charge in [-0.25, -0.2) is 9.37 Å². The number of phenols is 1. The third kappa shape index (κ3) is 3.17. The summed E-state index contributed by atoms with van der Waals surface area (Å²) in [4.78, 5) is 11.9. The molecule has 2 aromatic heterocycles. The summed E-state index contributed by atoms with van der Waals surface area (Å²) in [6, 6.07) is 4.03. The van der Waals surface area contributed by atoms with Gasteiger partial charge in [-0.1, -0.05) is 6.07 Å². The summed E-state index contributed by atoms with van der Waals surface area (Å²) in [5, 5.41) is 12.2. The quantitative estimate of drug-likeness (QED) is 0.695. The van der Waals surface area contributed by atoms with E-state index in [9.17, 15) is 13.9 Å². The largest absolute Gasteiger partial charge is 0.505 e. The number of halogens is 2. The van der Waals surface area contributed by atoms with Crippen molar-refractivity contribution in [2.75, 3.05) is 11.9 Å². The van der Waals surface area contributed by atoms with Crippen LogP contribution in [0.5, 0.6) is 5.75 Å². The van der Waals surface area contributed by atoms with Gasteiger partial charge in [0.25, 0.3) is 0 Å². The van der Waals surface area contributed by atoms with Gasteiger partial charge in [0, 0.05) is 13.2 Å². The molecule has 1 unspecified atom stereocenters. The smallest absolute Gasteiger partial charge is 0.312 e. The predicted octanol–water partition coefficient (Wildman–Crippen LogP) is 3.12. The third-order valence-corrected chi connectivity index (χ3v) is 4.33. The zero-order valence-electron chi connectivity index (χ0n) is 13.8. The number of benzene rings is 1. The molecule has 0 amide bonds. The Labute approximate surface area is 147 Å². The van der Waals surface area contributed by atoms with Gasteiger partial charge >= 0.3 is 6.08 Å². The Morgan fingerprint density at radius 2 is 2.15 bits per heavy atom. The monoisotopic (exact) mass is 361 g/mol. The number of ether oxygens (including phenoxy) is 1. The lowest BCUT2D eigenvalue weighted by Crippen LogP contribution is -2.18. The van der Waals surface area contributed by atoms with Crippen LogP contribution in [0.1, 0.15) is 31.1 Å². The number of aromatic hydroxyl groups is 1. The van der Waals surface area contributed by atoms with Crippen LogP contribution in [0, 0.1) is 11.9 Å². The molecule has 1 fully saturated rings. The summed E-state index contributed by atoms with van der Waals surface area (Å²) in [6.07, 6.45) is 3.31. The Morgan fingerprint density at radius 1 is 1.27 bits per heavy atom. The van der Waals surface area contributed by atoms with Gasteiger partial charge in [-0.2, -0.15) is 14.4 Å². The summed E-state index contributed by atoms with van der Waals surface area (Å²) in [7, 11) is 0. The van der Waals surface area contributed by atoms with Gasteiger partial charge in [0.1, 0.15) is 6.23 Å². The number of imidazole rings is 1. The summed E-state index contributed by atoms with van der Waals surface area (Å²) < 4.78 is 34.8. The summed E-state index contributed by atoms with van der Waals surface area (Å²) >= 11 is 0. The molecule has 1 aliphatic heterocycles. The molecule has 1 aromatic carbocycles. The fourth-order valence-corrected chi connectivity index (χ4v) is 3.01. The molecule has 0 spiro atoms. The maximum Gasteiger partial charge on any atom is 0.312 e. The van der Waals surface area contributed by atoms with Crippen LogP contribution in [0.2, 0.25) is 0 Å². The number of fused-ring (bicyclic) bond motifs is 1. The van der Waals surface area contributed by atoms with Gasteiger partial charge in [0.05, 0.1) is 6.33 Å². The Morgan fingerprint density at radius 3 is 2.92 bits per heavy atom. The summed E-state index contributed by atoms with van der Waals surface area (Å²) in [6.45, 7) is 0.838. The minimum atomic E-state index is -0.880. The van der Waals surface area contributed by atoms with E-state index in [1.807, 2.05) is 0 Å². The Kier molecular flexibility index (Phi) is 4.37. The predicted molar refractivity (Wildman–Crippen MR) is 89.5 cm³/mol. The van der Waals surface area contributed by atoms with E-state index < -0.39 is 17.6 Å². The lowest BCUT2D eigenvalue weighted by Gasteiger charge is -2.23. The average molecular weight is 361 g/mol. The van der Waals surface area contributed by atoms with Gasteiger partial charge in [-0.15, -0.1) is 0 Å². The highest BCUT2D eigenvalue weighted by molar-refractivity contribution is 5.82. The molecule has 0 aliphatic carbocycles. The molecule has 1 saturated heterocycles. The van der Waals surface area contributed by atoms with Crippen molar-refractivity contribution in [1.29, 1.82) is 0 Å². The third-order valence-electron chi connectivity index (χ3n) is 4.33. The van der Waals surface area contributed by atoms with E-state index in [2.05, 4.69) is 20.3 Å². The van der Waals surface area contributed by atoms with Crippen LogP contribution in [0.25, 0.3) is 11.2 Å². The van der Waals surface area contributed by atoms with Gasteiger partial charge in [0.15, 0.2) is 28.5 Å². The number of nitrogens with zero attached hydrogens (tertiary/aromatic N) is 4. The molecule has 1 aliphatic rings. The highest BCUT2D eigenvalue weighted by Gasteiger charge is 2.21. The number of nitrogens with one attached hydrogen (secondary N) is 1. The average Bonchev–Trinajstić information content (AvgIpc) is 3.07. The van der Waals surface area contributed by atoms with Crippen LogP contribution in [0.4, 0.5) is 14.6 Å². The first-order chi connectivity index (χ1) is 12.6. The first-order valence-corrected chi connectivity index (χ1v) is 8.35. The van der Waals surface area contributed by atoms with Crippen LogP contribution >= 0.6 is 0 Å². The van der Waals surface area contributed by atoms with Crippen molar-refractivity contribution >= 4 is 17.0 Å². The zero-order valence-corrected chi connectivity index (χ0v) is 13.8. The second-order valence-electron chi connectivity index (χ2n) is 6.13. The van der Waals surface area contributed by atoms with Gasteiger partial charge in [-0.05, 0) is 37.0 Å². The summed E-state index contributed by atoms with van der Waals surface area (Å²) in [5.41, 5.74) is 1.34.